The van der Waals surface area contributed by atoms with Crippen LogP contribution in [0.15, 0.2) is 17.0 Å². The van der Waals surface area contributed by atoms with Crippen LogP contribution in [0.1, 0.15) is 25.0 Å². The number of aliphatic hydroxyl groups is 1. The van der Waals surface area contributed by atoms with Crippen molar-refractivity contribution in [2.45, 2.75) is 38.6 Å². The Bertz CT molecular complexity index is 544. The Labute approximate surface area is 121 Å². The van der Waals surface area contributed by atoms with Crippen molar-refractivity contribution in [2.24, 2.45) is 0 Å². The molecule has 114 valence electrons. The van der Waals surface area contributed by atoms with Gasteiger partial charge in [0.05, 0.1) is 18.6 Å². The maximum absolute atomic E-state index is 12.8. The summed E-state index contributed by atoms with van der Waals surface area (Å²) in [6.07, 6.45) is 0. The molecule has 1 N–H and O–H groups in total. The second-order valence-electron chi connectivity index (χ2n) is 5.02. The van der Waals surface area contributed by atoms with Gasteiger partial charge in [-0.2, -0.15) is 4.31 Å². The zero-order valence-corrected chi connectivity index (χ0v) is 13.5. The van der Waals surface area contributed by atoms with Gasteiger partial charge in [0.25, 0.3) is 0 Å². The van der Waals surface area contributed by atoms with Crippen LogP contribution in [0.25, 0.3) is 0 Å². The smallest absolute Gasteiger partial charge is 0.243 e. The van der Waals surface area contributed by atoms with Crippen LogP contribution in [0, 0.1) is 13.8 Å². The highest BCUT2D eigenvalue weighted by Crippen LogP contribution is 2.28. The fourth-order valence-electron chi connectivity index (χ4n) is 2.31. The Kier molecular flexibility index (Phi) is 5.56. The predicted octanol–water partition coefficient (Wildman–Crippen LogP) is 1.70. The number of aryl methyl sites for hydroxylation is 2. The first-order chi connectivity index (χ1) is 9.25. The van der Waals surface area contributed by atoms with Gasteiger partial charge >= 0.3 is 0 Å². The number of nitrogens with zero attached hydrogens (tertiary/aromatic N) is 1. The third-order valence-corrected chi connectivity index (χ3v) is 5.51. The first-order valence-corrected chi connectivity index (χ1v) is 7.97. The SMILES string of the molecule is COc1cc(C)c(S(=O)(=O)N(CCO)C(C)C)c(C)c1. The van der Waals surface area contributed by atoms with E-state index >= 15 is 0 Å². The fraction of sp³-hybridized carbons (Fsp3) is 0.571. The summed E-state index contributed by atoms with van der Waals surface area (Å²) >= 11 is 0. The van der Waals surface area contributed by atoms with Crippen molar-refractivity contribution in [1.29, 1.82) is 0 Å². The summed E-state index contributed by atoms with van der Waals surface area (Å²) < 4.78 is 32.0. The van der Waals surface area contributed by atoms with Crippen molar-refractivity contribution in [3.63, 3.8) is 0 Å². The van der Waals surface area contributed by atoms with Gasteiger partial charge in [-0.25, -0.2) is 8.42 Å². The third-order valence-electron chi connectivity index (χ3n) is 3.13. The fourth-order valence-corrected chi connectivity index (χ4v) is 4.35. The highest BCUT2D eigenvalue weighted by molar-refractivity contribution is 7.89. The van der Waals surface area contributed by atoms with Gasteiger partial charge in [0.15, 0.2) is 0 Å². The van der Waals surface area contributed by atoms with Crippen molar-refractivity contribution in [1.82, 2.24) is 4.31 Å². The summed E-state index contributed by atoms with van der Waals surface area (Å²) in [7, 11) is -2.08. The molecule has 1 rings (SSSR count). The van der Waals surface area contributed by atoms with E-state index in [1.165, 1.54) is 4.31 Å². The molecule has 0 saturated carbocycles. The normalized spacial score (nSPS) is 12.2. The average molecular weight is 301 g/mol. The van der Waals surface area contributed by atoms with Gasteiger partial charge in [0.2, 0.25) is 10.0 Å². The molecule has 0 aliphatic rings. The highest BCUT2D eigenvalue weighted by atomic mass is 32.2. The predicted molar refractivity (Wildman–Crippen MR) is 78.6 cm³/mol. The van der Waals surface area contributed by atoms with E-state index in [0.29, 0.717) is 21.8 Å². The quantitative estimate of drug-likeness (QED) is 0.868. The van der Waals surface area contributed by atoms with Crippen molar-refractivity contribution in [3.05, 3.63) is 23.3 Å². The Balaban J connectivity index is 3.41. The highest BCUT2D eigenvalue weighted by Gasteiger charge is 2.29. The Morgan fingerprint density at radius 1 is 1.25 bits per heavy atom. The molecular formula is C14H23NO4S. The molecule has 6 heteroatoms. The first kappa shape index (κ1) is 16.9. The van der Waals surface area contributed by atoms with Crippen LogP contribution < -0.4 is 4.74 Å². The minimum Gasteiger partial charge on any atom is -0.497 e. The van der Waals surface area contributed by atoms with E-state index in [4.69, 9.17) is 9.84 Å². The van der Waals surface area contributed by atoms with Gasteiger partial charge < -0.3 is 9.84 Å². The van der Waals surface area contributed by atoms with Crippen LogP contribution in [0.5, 0.6) is 5.75 Å². The van der Waals surface area contributed by atoms with E-state index in [1.54, 1.807) is 46.9 Å². The molecule has 5 nitrogen and oxygen atoms in total. The second-order valence-corrected chi connectivity index (χ2v) is 6.85. The maximum Gasteiger partial charge on any atom is 0.243 e. The van der Waals surface area contributed by atoms with Crippen LogP contribution in [0.3, 0.4) is 0 Å². The summed E-state index contributed by atoms with van der Waals surface area (Å²) in [5.74, 6) is 0.636. The van der Waals surface area contributed by atoms with E-state index in [1.807, 2.05) is 0 Å². The number of methoxy groups -OCH3 is 1. The number of hydrogen-bond acceptors (Lipinski definition) is 4. The Hall–Kier alpha value is -1.11. The molecule has 0 aliphatic carbocycles. The van der Waals surface area contributed by atoms with Gasteiger partial charge in [-0.15, -0.1) is 0 Å². The molecular weight excluding hydrogens is 278 g/mol. The number of hydrogen-bond donors (Lipinski definition) is 1. The largest absolute Gasteiger partial charge is 0.497 e. The molecule has 0 aromatic heterocycles. The van der Waals surface area contributed by atoms with E-state index in [0.717, 1.165) is 0 Å². The Morgan fingerprint density at radius 3 is 2.10 bits per heavy atom. The molecule has 20 heavy (non-hydrogen) atoms. The molecule has 0 bridgehead atoms. The third kappa shape index (κ3) is 3.31. The van der Waals surface area contributed by atoms with E-state index in [2.05, 4.69) is 0 Å². The van der Waals surface area contributed by atoms with Crippen LogP contribution >= 0.6 is 0 Å². The van der Waals surface area contributed by atoms with Gasteiger partial charge in [-0.1, -0.05) is 0 Å². The number of ether oxygens (including phenoxy) is 1. The maximum atomic E-state index is 12.8. The molecule has 0 heterocycles. The molecule has 0 fully saturated rings. The van der Waals surface area contributed by atoms with Crippen molar-refractivity contribution >= 4 is 10.0 Å². The monoisotopic (exact) mass is 301 g/mol. The zero-order valence-electron chi connectivity index (χ0n) is 12.7. The van der Waals surface area contributed by atoms with Gasteiger partial charge in [0.1, 0.15) is 5.75 Å². The number of rotatable bonds is 6. The topological polar surface area (TPSA) is 66.8 Å². The molecule has 0 spiro atoms. The molecule has 1 aromatic rings. The summed E-state index contributed by atoms with van der Waals surface area (Å²) in [6, 6.07) is 3.20. The molecule has 0 saturated heterocycles. The lowest BCUT2D eigenvalue weighted by Crippen LogP contribution is -2.39. The van der Waals surface area contributed by atoms with Crippen LogP contribution in [0.4, 0.5) is 0 Å². The summed E-state index contributed by atoms with van der Waals surface area (Å²) in [5.41, 5.74) is 1.29. The van der Waals surface area contributed by atoms with Crippen LogP contribution in [0.2, 0.25) is 0 Å². The average Bonchev–Trinajstić information content (AvgIpc) is 2.33. The van der Waals surface area contributed by atoms with E-state index < -0.39 is 10.0 Å². The molecule has 0 radical (unpaired) electrons. The molecule has 0 aliphatic heterocycles. The van der Waals surface area contributed by atoms with Crippen LogP contribution in [-0.4, -0.2) is 44.1 Å². The summed E-state index contributed by atoms with van der Waals surface area (Å²) in [5, 5.41) is 9.09. The number of benzene rings is 1. The first-order valence-electron chi connectivity index (χ1n) is 6.53. The number of sulfonamides is 1. The van der Waals surface area contributed by atoms with Gasteiger partial charge in [0, 0.05) is 12.6 Å². The molecule has 0 unspecified atom stereocenters. The van der Waals surface area contributed by atoms with Crippen molar-refractivity contribution in [3.8, 4) is 5.75 Å². The lowest BCUT2D eigenvalue weighted by atomic mass is 10.1. The Morgan fingerprint density at radius 2 is 1.75 bits per heavy atom. The molecule has 0 atom stereocenters. The number of aliphatic hydroxyl groups excluding tert-OH is 1. The second kappa shape index (κ2) is 6.56. The molecule has 1 aromatic carbocycles. The minimum absolute atomic E-state index is 0.0882. The van der Waals surface area contributed by atoms with E-state index in [9.17, 15) is 8.42 Å². The molecule has 0 amide bonds. The lowest BCUT2D eigenvalue weighted by molar-refractivity contribution is 0.236. The van der Waals surface area contributed by atoms with Gasteiger partial charge in [-0.3, -0.25) is 0 Å². The van der Waals surface area contributed by atoms with Gasteiger partial charge in [-0.05, 0) is 51.0 Å². The lowest BCUT2D eigenvalue weighted by Gasteiger charge is -2.27. The minimum atomic E-state index is -3.63. The summed E-state index contributed by atoms with van der Waals surface area (Å²) in [4.78, 5) is 0.292. The zero-order chi connectivity index (χ0) is 15.5. The van der Waals surface area contributed by atoms with Crippen LogP contribution in [-0.2, 0) is 10.0 Å². The van der Waals surface area contributed by atoms with Crippen molar-refractivity contribution < 1.29 is 18.3 Å². The van der Waals surface area contributed by atoms with Crippen molar-refractivity contribution in [2.75, 3.05) is 20.3 Å². The summed E-state index contributed by atoms with van der Waals surface area (Å²) in [6.45, 7) is 6.97. The van der Waals surface area contributed by atoms with E-state index in [-0.39, 0.29) is 19.2 Å². The standard InChI is InChI=1S/C14H23NO4S/c1-10(2)15(6-7-16)20(17,18)14-11(3)8-13(19-5)9-12(14)4/h8-10,16H,6-7H2,1-5H3.